The molecule has 0 unspecified atom stereocenters. The van der Waals surface area contributed by atoms with Crippen molar-refractivity contribution in [1.29, 1.82) is 0 Å². The summed E-state index contributed by atoms with van der Waals surface area (Å²) in [6, 6.07) is 1.91. The van der Waals surface area contributed by atoms with E-state index in [0.717, 1.165) is 5.69 Å². The van der Waals surface area contributed by atoms with Crippen molar-refractivity contribution >= 4 is 11.6 Å². The quantitative estimate of drug-likeness (QED) is 0.773. The van der Waals surface area contributed by atoms with Gasteiger partial charge in [0.05, 0.1) is 13.4 Å². The number of methoxy groups -OCH3 is 1. The molecule has 2 rings (SSSR count). The van der Waals surface area contributed by atoms with E-state index in [2.05, 4.69) is 10.1 Å². The maximum atomic E-state index is 12.0. The number of aryl methyl sites for hydroxylation is 3. The summed E-state index contributed by atoms with van der Waals surface area (Å²) < 4.78 is 8.17. The first kappa shape index (κ1) is 12.6. The van der Waals surface area contributed by atoms with Crippen LogP contribution in [0.4, 0.5) is 0 Å². The van der Waals surface area contributed by atoms with Gasteiger partial charge in [0.15, 0.2) is 5.15 Å². The highest BCUT2D eigenvalue weighted by molar-refractivity contribution is 6.30. The molecule has 0 aliphatic carbocycles. The highest BCUT2D eigenvalue weighted by Crippen LogP contribution is 2.14. The van der Waals surface area contributed by atoms with Crippen molar-refractivity contribution in [3.05, 3.63) is 39.8 Å². The number of aromatic nitrogens is 4. The normalized spacial score (nSPS) is 10.6. The Morgan fingerprint density at radius 2 is 2.28 bits per heavy atom. The number of hydrogen-bond acceptors (Lipinski definition) is 4. The first-order chi connectivity index (χ1) is 8.63. The largest absolute Gasteiger partial charge is 0.489 e. The molecule has 0 aromatic carbocycles. The first-order valence-corrected chi connectivity index (χ1v) is 5.77. The Hall–Kier alpha value is -1.82. The van der Waals surface area contributed by atoms with Crippen LogP contribution in [0.25, 0.3) is 0 Å². The Morgan fingerprint density at radius 1 is 1.50 bits per heavy atom. The Balaban J connectivity index is 2.20. The van der Waals surface area contributed by atoms with Gasteiger partial charge < -0.3 is 4.74 Å². The average molecular weight is 269 g/mol. The van der Waals surface area contributed by atoms with Crippen molar-refractivity contribution in [2.24, 2.45) is 7.05 Å². The molecule has 96 valence electrons. The summed E-state index contributed by atoms with van der Waals surface area (Å²) in [4.78, 5) is 15.9. The van der Waals surface area contributed by atoms with Gasteiger partial charge in [0, 0.05) is 31.9 Å². The van der Waals surface area contributed by atoms with Crippen LogP contribution in [0, 0.1) is 0 Å². The van der Waals surface area contributed by atoms with Crippen LogP contribution in [0.15, 0.2) is 23.4 Å². The van der Waals surface area contributed by atoms with E-state index in [1.807, 2.05) is 13.1 Å². The Bertz CT molecular complexity index is 605. The van der Waals surface area contributed by atoms with Gasteiger partial charge in [-0.1, -0.05) is 11.6 Å². The summed E-state index contributed by atoms with van der Waals surface area (Å²) in [6.45, 7) is 0.499. The maximum absolute atomic E-state index is 12.0. The lowest BCUT2D eigenvalue weighted by Crippen LogP contribution is -2.23. The van der Waals surface area contributed by atoms with E-state index < -0.39 is 0 Å². The maximum Gasteiger partial charge on any atom is 0.297 e. The van der Waals surface area contributed by atoms with E-state index in [4.69, 9.17) is 16.3 Å². The van der Waals surface area contributed by atoms with E-state index in [1.165, 1.54) is 18.0 Å². The molecular formula is C11H13ClN4O2. The van der Waals surface area contributed by atoms with Crippen LogP contribution >= 0.6 is 11.6 Å². The van der Waals surface area contributed by atoms with Gasteiger partial charge in [0.2, 0.25) is 5.75 Å². The smallest absolute Gasteiger partial charge is 0.297 e. The minimum Gasteiger partial charge on any atom is -0.489 e. The Morgan fingerprint density at radius 3 is 2.89 bits per heavy atom. The van der Waals surface area contributed by atoms with Crippen molar-refractivity contribution in [3.8, 4) is 5.75 Å². The van der Waals surface area contributed by atoms with Crippen LogP contribution in [0.3, 0.4) is 0 Å². The topological polar surface area (TPSA) is 61.9 Å². The third-order valence-corrected chi connectivity index (χ3v) is 2.96. The molecule has 0 fully saturated rings. The molecule has 18 heavy (non-hydrogen) atoms. The molecule has 7 heteroatoms. The van der Waals surface area contributed by atoms with Crippen LogP contribution < -0.4 is 10.3 Å². The minimum absolute atomic E-state index is 0.0733. The lowest BCUT2D eigenvalue weighted by atomic mass is 10.3. The predicted molar refractivity (Wildman–Crippen MR) is 67.0 cm³/mol. The van der Waals surface area contributed by atoms with Gasteiger partial charge in [-0.15, -0.1) is 0 Å². The summed E-state index contributed by atoms with van der Waals surface area (Å²) in [7, 11) is 3.26. The molecule has 0 saturated carbocycles. The molecule has 0 saturated heterocycles. The molecule has 2 heterocycles. The SMILES string of the molecule is COc1c(Cl)ncn(CCc2ccnn2C)c1=O. The molecule has 0 radical (unpaired) electrons. The molecule has 0 atom stereocenters. The molecule has 0 bridgehead atoms. The molecule has 0 aliphatic rings. The molecule has 0 aliphatic heterocycles. The lowest BCUT2D eigenvalue weighted by molar-refractivity contribution is 0.399. The zero-order valence-electron chi connectivity index (χ0n) is 10.1. The van der Waals surface area contributed by atoms with Crippen molar-refractivity contribution in [2.45, 2.75) is 13.0 Å². The van der Waals surface area contributed by atoms with E-state index in [9.17, 15) is 4.79 Å². The summed E-state index contributed by atoms with van der Waals surface area (Å²) in [5.74, 6) is 0.0733. The van der Waals surface area contributed by atoms with Gasteiger partial charge >= 0.3 is 0 Å². The van der Waals surface area contributed by atoms with Crippen molar-refractivity contribution in [1.82, 2.24) is 19.3 Å². The van der Waals surface area contributed by atoms with Crippen LogP contribution in [0.2, 0.25) is 5.15 Å². The third kappa shape index (κ3) is 2.38. The number of nitrogens with zero attached hydrogens (tertiary/aromatic N) is 4. The fourth-order valence-corrected chi connectivity index (χ4v) is 1.86. The lowest BCUT2D eigenvalue weighted by Gasteiger charge is -2.08. The van der Waals surface area contributed by atoms with Gasteiger partial charge in [-0.2, -0.15) is 5.10 Å². The highest BCUT2D eigenvalue weighted by Gasteiger charge is 2.10. The monoisotopic (exact) mass is 268 g/mol. The molecule has 0 N–H and O–H groups in total. The molecule has 2 aromatic heterocycles. The fourth-order valence-electron chi connectivity index (χ4n) is 1.66. The van der Waals surface area contributed by atoms with Gasteiger partial charge in [0.1, 0.15) is 0 Å². The van der Waals surface area contributed by atoms with Crippen LogP contribution in [-0.2, 0) is 20.0 Å². The van der Waals surface area contributed by atoms with E-state index in [0.29, 0.717) is 13.0 Å². The van der Waals surface area contributed by atoms with Crippen molar-refractivity contribution in [2.75, 3.05) is 7.11 Å². The standard InChI is InChI=1S/C11H13ClN4O2/c1-15-8(3-5-14-15)4-6-16-7-13-10(12)9(18-2)11(16)17/h3,5,7H,4,6H2,1-2H3. The van der Waals surface area contributed by atoms with Gasteiger partial charge in [-0.25, -0.2) is 4.98 Å². The zero-order chi connectivity index (χ0) is 13.1. The van der Waals surface area contributed by atoms with Crippen LogP contribution in [-0.4, -0.2) is 26.4 Å². The van der Waals surface area contributed by atoms with Crippen molar-refractivity contribution in [3.63, 3.8) is 0 Å². The summed E-state index contributed by atoms with van der Waals surface area (Å²) in [6.07, 6.45) is 3.82. The predicted octanol–water partition coefficient (Wildman–Crippen LogP) is 0.881. The number of hydrogen-bond donors (Lipinski definition) is 0. The van der Waals surface area contributed by atoms with Crippen LogP contribution in [0.1, 0.15) is 5.69 Å². The summed E-state index contributed by atoms with van der Waals surface area (Å²) in [5.41, 5.74) is 0.760. The minimum atomic E-state index is -0.278. The second-order valence-corrected chi connectivity index (χ2v) is 4.12. The molecule has 0 spiro atoms. The molecule has 0 amide bonds. The van der Waals surface area contributed by atoms with Gasteiger partial charge in [-0.3, -0.25) is 14.0 Å². The second kappa shape index (κ2) is 5.22. The average Bonchev–Trinajstić information content (AvgIpc) is 2.75. The van der Waals surface area contributed by atoms with E-state index in [1.54, 1.807) is 10.9 Å². The third-order valence-electron chi connectivity index (χ3n) is 2.69. The number of halogens is 1. The molecule has 6 nitrogen and oxygen atoms in total. The molecule has 2 aromatic rings. The summed E-state index contributed by atoms with van der Waals surface area (Å²) >= 11 is 5.76. The highest BCUT2D eigenvalue weighted by atomic mass is 35.5. The van der Waals surface area contributed by atoms with E-state index >= 15 is 0 Å². The first-order valence-electron chi connectivity index (χ1n) is 5.39. The molecular weight excluding hydrogens is 256 g/mol. The second-order valence-electron chi connectivity index (χ2n) is 3.76. The van der Waals surface area contributed by atoms with E-state index in [-0.39, 0.29) is 16.5 Å². The van der Waals surface area contributed by atoms with Crippen molar-refractivity contribution < 1.29 is 4.74 Å². The summed E-state index contributed by atoms with van der Waals surface area (Å²) in [5, 5.41) is 4.15. The Labute approximate surface area is 109 Å². The Kier molecular flexibility index (Phi) is 3.66. The number of rotatable bonds is 4. The zero-order valence-corrected chi connectivity index (χ0v) is 10.9. The fraction of sp³-hybridized carbons (Fsp3) is 0.364. The van der Waals surface area contributed by atoms with Gasteiger partial charge in [-0.05, 0) is 6.07 Å². The van der Waals surface area contributed by atoms with Gasteiger partial charge in [0.25, 0.3) is 5.56 Å². The van der Waals surface area contributed by atoms with Crippen LogP contribution in [0.5, 0.6) is 5.75 Å². The number of ether oxygens (including phenoxy) is 1.